The summed E-state index contributed by atoms with van der Waals surface area (Å²) in [5, 5.41) is 25.3. The van der Waals surface area contributed by atoms with Gasteiger partial charge < -0.3 is 15.3 Å². The summed E-state index contributed by atoms with van der Waals surface area (Å²) in [5.41, 5.74) is 0.551. The molecule has 0 fully saturated rings. The average molecular weight is 220 g/mol. The summed E-state index contributed by atoms with van der Waals surface area (Å²) in [6.07, 6.45) is 3.55. The number of carbonyl (C=O) groups is 1. The van der Waals surface area contributed by atoms with E-state index in [4.69, 9.17) is 15.3 Å². The van der Waals surface area contributed by atoms with Crippen LogP contribution >= 0.6 is 0 Å². The normalized spacial score (nSPS) is 10.6. The molecule has 16 heavy (non-hydrogen) atoms. The Morgan fingerprint density at radius 2 is 2.06 bits per heavy atom. The molecule has 0 aliphatic heterocycles. The van der Waals surface area contributed by atoms with Gasteiger partial charge in [-0.2, -0.15) is 0 Å². The third-order valence-electron chi connectivity index (χ3n) is 1.31. The number of allylic oxidation sites excluding steroid dienone is 4. The lowest BCUT2D eigenvalue weighted by Crippen LogP contribution is -1.98. The molecule has 84 valence electrons. The van der Waals surface area contributed by atoms with Gasteiger partial charge in [0.2, 0.25) is 6.29 Å². The number of aliphatic hydroxyl groups is 2. The minimum Gasteiger partial charge on any atom is -0.472 e. The number of hydrogen-bond acceptors (Lipinski definition) is 3. The van der Waals surface area contributed by atoms with Gasteiger partial charge in [-0.1, -0.05) is 30.1 Å². The number of carboxylic acids is 1. The van der Waals surface area contributed by atoms with E-state index < -0.39 is 12.3 Å². The highest BCUT2D eigenvalue weighted by molar-refractivity contribution is 5.86. The van der Waals surface area contributed by atoms with E-state index in [0.717, 1.165) is 0 Å². The van der Waals surface area contributed by atoms with Gasteiger partial charge in [-0.15, -0.1) is 0 Å². The first kappa shape index (κ1) is 14.0. The van der Waals surface area contributed by atoms with Crippen molar-refractivity contribution in [1.82, 2.24) is 0 Å². The van der Waals surface area contributed by atoms with Crippen LogP contribution in [-0.2, 0) is 4.79 Å². The molecular formula is C12H12O4. The van der Waals surface area contributed by atoms with Crippen LogP contribution in [0, 0.1) is 23.7 Å². The second-order valence-electron chi connectivity index (χ2n) is 2.61. The third-order valence-corrected chi connectivity index (χ3v) is 1.31. The fourth-order valence-corrected chi connectivity index (χ4v) is 0.776. The van der Waals surface area contributed by atoms with Crippen molar-refractivity contribution in [3.8, 4) is 23.7 Å². The second kappa shape index (κ2) is 8.31. The van der Waals surface area contributed by atoms with Gasteiger partial charge in [-0.25, -0.2) is 4.79 Å². The second-order valence-corrected chi connectivity index (χ2v) is 2.61. The molecule has 0 spiro atoms. The highest BCUT2D eigenvalue weighted by Gasteiger charge is 1.88. The Bertz CT molecular complexity index is 408. The topological polar surface area (TPSA) is 77.8 Å². The molecule has 0 saturated heterocycles. The maximum atomic E-state index is 10.1. The van der Waals surface area contributed by atoms with Gasteiger partial charge in [0.1, 0.15) is 0 Å². The Labute approximate surface area is 93.9 Å². The Balaban J connectivity index is 4.58. The smallest absolute Gasteiger partial charge is 0.381 e. The first-order valence-electron chi connectivity index (χ1n) is 4.48. The van der Waals surface area contributed by atoms with Gasteiger partial charge in [0.15, 0.2) is 0 Å². The van der Waals surface area contributed by atoms with E-state index in [9.17, 15) is 4.79 Å². The summed E-state index contributed by atoms with van der Waals surface area (Å²) < 4.78 is 0. The van der Waals surface area contributed by atoms with Gasteiger partial charge in [-0.3, -0.25) is 0 Å². The van der Waals surface area contributed by atoms with E-state index in [2.05, 4.69) is 17.8 Å². The van der Waals surface area contributed by atoms with E-state index in [1.807, 2.05) is 5.92 Å². The van der Waals surface area contributed by atoms with Crippen LogP contribution in [0.1, 0.15) is 13.3 Å². The Kier molecular flexibility index (Phi) is 7.27. The van der Waals surface area contributed by atoms with Gasteiger partial charge in [0, 0.05) is 17.9 Å². The molecule has 0 aromatic rings. The first-order valence-corrected chi connectivity index (χ1v) is 4.48. The lowest BCUT2D eigenvalue weighted by Gasteiger charge is -1.90. The summed E-state index contributed by atoms with van der Waals surface area (Å²) in [6, 6.07) is 0. The third kappa shape index (κ3) is 8.58. The maximum Gasteiger partial charge on any atom is 0.381 e. The van der Waals surface area contributed by atoms with Gasteiger partial charge in [0.05, 0.1) is 0 Å². The molecule has 4 heteroatoms. The lowest BCUT2D eigenvalue weighted by atomic mass is 10.2. The monoisotopic (exact) mass is 220 g/mol. The quantitative estimate of drug-likeness (QED) is 0.355. The fourth-order valence-electron chi connectivity index (χ4n) is 0.776. The Morgan fingerprint density at radius 1 is 1.38 bits per heavy atom. The van der Waals surface area contributed by atoms with E-state index >= 15 is 0 Å². The predicted molar refractivity (Wildman–Crippen MR) is 58.9 cm³/mol. The number of aliphatic carboxylic acids is 1. The van der Waals surface area contributed by atoms with Crippen molar-refractivity contribution in [2.24, 2.45) is 0 Å². The van der Waals surface area contributed by atoms with Gasteiger partial charge in [-0.05, 0) is 12.8 Å². The molecule has 0 aliphatic carbocycles. The fraction of sp³-hybridized carbons (Fsp3) is 0.250. The molecule has 0 aromatic heterocycles. The van der Waals surface area contributed by atoms with Gasteiger partial charge in [0.25, 0.3) is 0 Å². The zero-order chi connectivity index (χ0) is 12.4. The lowest BCUT2D eigenvalue weighted by molar-refractivity contribution is -0.130. The van der Waals surface area contributed by atoms with E-state index in [0.29, 0.717) is 5.57 Å². The van der Waals surface area contributed by atoms with Crippen molar-refractivity contribution < 1.29 is 20.1 Å². The van der Waals surface area contributed by atoms with Crippen molar-refractivity contribution in [2.75, 3.05) is 0 Å². The van der Waals surface area contributed by atoms with Crippen LogP contribution < -0.4 is 0 Å². The average Bonchev–Trinajstić information content (AvgIpc) is 2.20. The van der Waals surface area contributed by atoms with Crippen LogP contribution in [0.2, 0.25) is 0 Å². The van der Waals surface area contributed by atoms with Crippen molar-refractivity contribution in [3.05, 3.63) is 23.8 Å². The summed E-state index contributed by atoms with van der Waals surface area (Å²) in [4.78, 5) is 10.1. The summed E-state index contributed by atoms with van der Waals surface area (Å²) in [6.45, 7) is 1.79. The molecule has 0 unspecified atom stereocenters. The summed E-state index contributed by atoms with van der Waals surface area (Å²) in [5.74, 6) is 7.86. The van der Waals surface area contributed by atoms with Crippen LogP contribution in [0.25, 0.3) is 0 Å². The van der Waals surface area contributed by atoms with Crippen LogP contribution in [-0.4, -0.2) is 27.6 Å². The largest absolute Gasteiger partial charge is 0.472 e. The van der Waals surface area contributed by atoms with E-state index in [1.165, 1.54) is 0 Å². The molecular weight excluding hydrogens is 208 g/mol. The SMILES string of the molecule is C/C=C\C(C#CC(O)O)=C/CC#CC(=O)O. The highest BCUT2D eigenvalue weighted by Crippen LogP contribution is 1.97. The predicted octanol–water partition coefficient (Wildman–Crippen LogP) is 0.281. The molecule has 0 radical (unpaired) electrons. The molecule has 0 atom stereocenters. The molecule has 0 rings (SSSR count). The number of rotatable bonds is 2. The summed E-state index contributed by atoms with van der Waals surface area (Å²) >= 11 is 0. The molecule has 0 aromatic carbocycles. The van der Waals surface area contributed by atoms with Crippen LogP contribution in [0.5, 0.6) is 0 Å². The zero-order valence-corrected chi connectivity index (χ0v) is 8.77. The molecule has 3 N–H and O–H groups in total. The van der Waals surface area contributed by atoms with E-state index in [1.54, 1.807) is 25.2 Å². The van der Waals surface area contributed by atoms with Crippen molar-refractivity contribution >= 4 is 5.97 Å². The number of carboxylic acid groups (broad SMARTS) is 1. The van der Waals surface area contributed by atoms with Crippen LogP contribution in [0.15, 0.2) is 23.8 Å². The summed E-state index contributed by atoms with van der Waals surface area (Å²) in [7, 11) is 0. The molecule has 4 nitrogen and oxygen atoms in total. The van der Waals surface area contributed by atoms with Crippen molar-refractivity contribution in [3.63, 3.8) is 0 Å². The Morgan fingerprint density at radius 3 is 2.56 bits per heavy atom. The molecule has 0 bridgehead atoms. The molecule has 0 amide bonds. The zero-order valence-electron chi connectivity index (χ0n) is 8.77. The van der Waals surface area contributed by atoms with Gasteiger partial charge >= 0.3 is 5.97 Å². The standard InChI is InChI=1S/C12H12O4/c1-2-5-10(8-9-12(15)16)6-3-4-7-11(13)14/h2,5-6,12,15-16H,3H2,1H3,(H,13,14)/b5-2-,10-6+. The number of hydrogen-bond donors (Lipinski definition) is 3. The van der Waals surface area contributed by atoms with Crippen molar-refractivity contribution in [1.29, 1.82) is 0 Å². The minimum atomic E-state index is -1.68. The van der Waals surface area contributed by atoms with E-state index in [-0.39, 0.29) is 6.42 Å². The van der Waals surface area contributed by atoms with Crippen LogP contribution in [0.4, 0.5) is 0 Å². The molecule has 0 saturated carbocycles. The minimum absolute atomic E-state index is 0.238. The van der Waals surface area contributed by atoms with Crippen LogP contribution in [0.3, 0.4) is 0 Å². The molecule has 0 heterocycles. The maximum absolute atomic E-state index is 10.1. The van der Waals surface area contributed by atoms with Crippen molar-refractivity contribution in [2.45, 2.75) is 19.6 Å². The highest BCUT2D eigenvalue weighted by atomic mass is 16.5. The molecule has 0 aliphatic rings. The number of aliphatic hydroxyl groups excluding tert-OH is 1. The first-order chi connectivity index (χ1) is 7.56. The Hall–Kier alpha value is -2.01.